The topological polar surface area (TPSA) is 0 Å². The molecule has 0 saturated carbocycles. The summed E-state index contributed by atoms with van der Waals surface area (Å²) >= 11 is 9.69. The smallest absolute Gasteiger partial charge is 0.0649 e. The molecule has 2 rings (SSSR count). The van der Waals surface area contributed by atoms with Crippen LogP contribution in [0.3, 0.4) is 0 Å². The van der Waals surface area contributed by atoms with E-state index in [1.165, 1.54) is 22.3 Å². The third-order valence-corrected chi connectivity index (χ3v) is 4.20. The Labute approximate surface area is 116 Å². The fourth-order valence-corrected chi connectivity index (χ4v) is 3.18. The lowest BCUT2D eigenvalue weighted by Crippen LogP contribution is -1.98. The molecular weight excluding hydrogens is 296 g/mol. The monoisotopic (exact) mass is 308 g/mol. The highest BCUT2D eigenvalue weighted by molar-refractivity contribution is 9.09. The first kappa shape index (κ1) is 12.7. The molecule has 0 aliphatic heterocycles. The maximum absolute atomic E-state index is 5.91. The normalized spacial score (nSPS) is 12.5. The maximum atomic E-state index is 5.91. The summed E-state index contributed by atoms with van der Waals surface area (Å²) in [5, 5.41) is 0.773. The summed E-state index contributed by atoms with van der Waals surface area (Å²) in [5.74, 6) is 0. The van der Waals surface area contributed by atoms with Gasteiger partial charge in [0.15, 0.2) is 0 Å². The van der Waals surface area contributed by atoms with Crippen LogP contribution in [0.4, 0.5) is 0 Å². The van der Waals surface area contributed by atoms with Gasteiger partial charge in [0.2, 0.25) is 0 Å². The molecule has 2 aromatic carbocycles. The van der Waals surface area contributed by atoms with Crippen molar-refractivity contribution in [1.82, 2.24) is 0 Å². The van der Waals surface area contributed by atoms with Gasteiger partial charge >= 0.3 is 0 Å². The van der Waals surface area contributed by atoms with E-state index < -0.39 is 0 Å². The molecule has 88 valence electrons. The lowest BCUT2D eigenvalue weighted by molar-refractivity contribution is 1.11. The zero-order valence-corrected chi connectivity index (χ0v) is 12.2. The van der Waals surface area contributed by atoms with Crippen LogP contribution in [-0.2, 0) is 0 Å². The summed E-state index contributed by atoms with van der Waals surface area (Å²) in [6.07, 6.45) is 0. The average molecular weight is 310 g/mol. The average Bonchev–Trinajstić information content (AvgIpc) is 2.29. The van der Waals surface area contributed by atoms with Crippen LogP contribution in [0.1, 0.15) is 27.1 Å². The predicted octanol–water partition coefficient (Wildman–Crippen LogP) is 5.44. The molecule has 0 N–H and O–H groups in total. The van der Waals surface area contributed by atoms with E-state index in [-0.39, 0.29) is 4.83 Å². The molecule has 0 amide bonds. The highest BCUT2D eigenvalue weighted by atomic mass is 79.9. The van der Waals surface area contributed by atoms with Gasteiger partial charge in [-0.1, -0.05) is 57.9 Å². The van der Waals surface area contributed by atoms with Crippen LogP contribution in [0, 0.1) is 13.8 Å². The molecule has 0 fully saturated rings. The lowest BCUT2D eigenvalue weighted by Gasteiger charge is -2.16. The Morgan fingerprint density at radius 3 is 2.00 bits per heavy atom. The Kier molecular flexibility index (Phi) is 3.90. The first-order valence-electron chi connectivity index (χ1n) is 5.55. The number of hydrogen-bond donors (Lipinski definition) is 0. The van der Waals surface area contributed by atoms with Gasteiger partial charge in [0.05, 0.1) is 4.83 Å². The number of alkyl halides is 1. The summed E-state index contributed by atoms with van der Waals surface area (Å²) < 4.78 is 0. The largest absolute Gasteiger partial charge is 0.0843 e. The Bertz CT molecular complexity index is 497. The molecule has 0 spiro atoms. The van der Waals surface area contributed by atoms with Crippen molar-refractivity contribution in [3.8, 4) is 0 Å². The van der Waals surface area contributed by atoms with Gasteiger partial charge in [-0.25, -0.2) is 0 Å². The second kappa shape index (κ2) is 5.24. The van der Waals surface area contributed by atoms with Gasteiger partial charge in [-0.3, -0.25) is 0 Å². The van der Waals surface area contributed by atoms with E-state index in [0.29, 0.717) is 0 Å². The number of halogens is 2. The molecule has 2 aromatic rings. The summed E-state index contributed by atoms with van der Waals surface area (Å²) in [4.78, 5) is 0.223. The molecule has 0 saturated heterocycles. The molecule has 1 atom stereocenters. The van der Waals surface area contributed by atoms with Gasteiger partial charge in [-0.05, 0) is 48.2 Å². The molecular formula is C15H14BrCl. The van der Waals surface area contributed by atoms with Crippen LogP contribution >= 0.6 is 27.5 Å². The molecule has 17 heavy (non-hydrogen) atoms. The van der Waals surface area contributed by atoms with E-state index in [1.807, 2.05) is 12.1 Å². The molecule has 2 heteroatoms. The minimum atomic E-state index is 0.223. The highest BCUT2D eigenvalue weighted by Crippen LogP contribution is 2.35. The highest BCUT2D eigenvalue weighted by Gasteiger charge is 2.14. The van der Waals surface area contributed by atoms with Gasteiger partial charge in [0.1, 0.15) is 0 Å². The Hall–Kier alpha value is -0.790. The minimum absolute atomic E-state index is 0.223. The van der Waals surface area contributed by atoms with Crippen LogP contribution in [0.2, 0.25) is 5.02 Å². The van der Waals surface area contributed by atoms with Crippen molar-refractivity contribution < 1.29 is 0 Å². The third-order valence-electron chi connectivity index (χ3n) is 2.96. The summed E-state index contributed by atoms with van der Waals surface area (Å²) in [7, 11) is 0. The van der Waals surface area contributed by atoms with Gasteiger partial charge < -0.3 is 0 Å². The standard InChI is InChI=1S/C15H14BrCl/c1-10-4-3-5-11(2)14(10)15(16)12-6-8-13(17)9-7-12/h3-9,15H,1-2H3. The van der Waals surface area contributed by atoms with Gasteiger partial charge in [0.25, 0.3) is 0 Å². The Morgan fingerprint density at radius 1 is 0.941 bits per heavy atom. The van der Waals surface area contributed by atoms with Crippen molar-refractivity contribution in [3.63, 3.8) is 0 Å². The Morgan fingerprint density at radius 2 is 1.47 bits per heavy atom. The maximum Gasteiger partial charge on any atom is 0.0649 e. The third kappa shape index (κ3) is 2.72. The van der Waals surface area contributed by atoms with Crippen LogP contribution in [0.5, 0.6) is 0 Å². The molecule has 0 heterocycles. The van der Waals surface area contributed by atoms with Gasteiger partial charge in [-0.2, -0.15) is 0 Å². The van der Waals surface area contributed by atoms with Crippen molar-refractivity contribution in [1.29, 1.82) is 0 Å². The quantitative estimate of drug-likeness (QED) is 0.648. The molecule has 0 bridgehead atoms. The molecule has 0 radical (unpaired) electrons. The van der Waals surface area contributed by atoms with Crippen molar-refractivity contribution in [2.75, 3.05) is 0 Å². The summed E-state index contributed by atoms with van der Waals surface area (Å²) in [6, 6.07) is 14.4. The van der Waals surface area contributed by atoms with E-state index in [9.17, 15) is 0 Å². The fourth-order valence-electron chi connectivity index (χ4n) is 2.03. The first-order chi connectivity index (χ1) is 8.09. The SMILES string of the molecule is Cc1cccc(C)c1C(Br)c1ccc(Cl)cc1. The number of hydrogen-bond acceptors (Lipinski definition) is 0. The van der Waals surface area contributed by atoms with Crippen molar-refractivity contribution in [3.05, 3.63) is 69.7 Å². The summed E-state index contributed by atoms with van der Waals surface area (Å²) in [6.45, 7) is 4.29. The molecule has 0 aliphatic carbocycles. The molecule has 0 aliphatic rings. The van der Waals surface area contributed by atoms with Crippen LogP contribution in [0.25, 0.3) is 0 Å². The lowest BCUT2D eigenvalue weighted by atomic mass is 9.96. The summed E-state index contributed by atoms with van der Waals surface area (Å²) in [5.41, 5.74) is 5.19. The van der Waals surface area contributed by atoms with Gasteiger partial charge in [-0.15, -0.1) is 0 Å². The molecule has 1 unspecified atom stereocenters. The van der Waals surface area contributed by atoms with Crippen LogP contribution < -0.4 is 0 Å². The van der Waals surface area contributed by atoms with E-state index in [4.69, 9.17) is 11.6 Å². The zero-order valence-electron chi connectivity index (χ0n) is 9.87. The number of aryl methyl sites for hydroxylation is 2. The second-order valence-electron chi connectivity index (χ2n) is 4.22. The van der Waals surface area contributed by atoms with E-state index in [0.717, 1.165) is 5.02 Å². The van der Waals surface area contributed by atoms with Crippen molar-refractivity contribution in [2.45, 2.75) is 18.7 Å². The van der Waals surface area contributed by atoms with Crippen LogP contribution in [0.15, 0.2) is 42.5 Å². The number of rotatable bonds is 2. The number of benzene rings is 2. The Balaban J connectivity index is 2.43. The molecule has 0 aromatic heterocycles. The van der Waals surface area contributed by atoms with Gasteiger partial charge in [0, 0.05) is 5.02 Å². The van der Waals surface area contributed by atoms with E-state index in [2.05, 4.69) is 60.1 Å². The predicted molar refractivity (Wildman–Crippen MR) is 78.1 cm³/mol. The zero-order chi connectivity index (χ0) is 12.4. The van der Waals surface area contributed by atoms with Crippen LogP contribution in [-0.4, -0.2) is 0 Å². The van der Waals surface area contributed by atoms with Crippen molar-refractivity contribution >= 4 is 27.5 Å². The van der Waals surface area contributed by atoms with E-state index >= 15 is 0 Å². The first-order valence-corrected chi connectivity index (χ1v) is 6.84. The van der Waals surface area contributed by atoms with E-state index in [1.54, 1.807) is 0 Å². The second-order valence-corrected chi connectivity index (χ2v) is 5.57. The minimum Gasteiger partial charge on any atom is -0.0843 e. The van der Waals surface area contributed by atoms with Crippen molar-refractivity contribution in [2.24, 2.45) is 0 Å². The fraction of sp³-hybridized carbons (Fsp3) is 0.200. The molecule has 0 nitrogen and oxygen atoms in total.